The first-order valence-electron chi connectivity index (χ1n) is 8.63. The molecule has 2 heterocycles. The fourth-order valence-electron chi connectivity index (χ4n) is 3.80. The van der Waals surface area contributed by atoms with Crippen LogP contribution in [0.5, 0.6) is 0 Å². The Hall–Kier alpha value is -1.40. The van der Waals surface area contributed by atoms with Crippen molar-refractivity contribution in [2.24, 2.45) is 5.92 Å². The molecule has 0 unspecified atom stereocenters. The van der Waals surface area contributed by atoms with Gasteiger partial charge in [-0.05, 0) is 69.0 Å². The number of nitrogens with zero attached hydrogens (tertiary/aromatic N) is 2. The Morgan fingerprint density at radius 3 is 2.50 bits per heavy atom. The molecule has 0 radical (unpaired) electrons. The van der Waals surface area contributed by atoms with E-state index in [2.05, 4.69) is 11.8 Å². The number of piperidine rings is 1. The zero-order valence-electron chi connectivity index (χ0n) is 14.7. The first-order valence-corrected chi connectivity index (χ1v) is 10.5. The Labute approximate surface area is 144 Å². The summed E-state index contributed by atoms with van der Waals surface area (Å²) in [6, 6.07) is 5.34. The van der Waals surface area contributed by atoms with E-state index >= 15 is 0 Å². The molecule has 2 aliphatic heterocycles. The number of rotatable bonds is 4. The van der Waals surface area contributed by atoms with Crippen molar-refractivity contribution >= 4 is 21.5 Å². The number of ketones is 1. The highest BCUT2D eigenvalue weighted by molar-refractivity contribution is 7.92. The second-order valence-corrected chi connectivity index (χ2v) is 9.20. The van der Waals surface area contributed by atoms with E-state index in [0.29, 0.717) is 24.2 Å². The number of sulfonamides is 1. The van der Waals surface area contributed by atoms with Gasteiger partial charge >= 0.3 is 0 Å². The number of Topliss-reactive ketones (excluding diaryl/α,β-unsaturated/α-hetero) is 1. The van der Waals surface area contributed by atoms with E-state index in [9.17, 15) is 13.2 Å². The Balaban J connectivity index is 1.75. The van der Waals surface area contributed by atoms with Crippen molar-refractivity contribution in [3.8, 4) is 0 Å². The van der Waals surface area contributed by atoms with Gasteiger partial charge in [-0.25, -0.2) is 8.42 Å². The summed E-state index contributed by atoms with van der Waals surface area (Å²) < 4.78 is 25.4. The SMILES string of the molecule is CC1CCN(CC(=O)c2ccc3c(c2)C[C@@H](C)N3S(C)(=O)=O)CC1. The second-order valence-electron chi connectivity index (χ2n) is 7.34. The summed E-state index contributed by atoms with van der Waals surface area (Å²) in [4.78, 5) is 14.8. The molecular weight excluding hydrogens is 324 g/mol. The van der Waals surface area contributed by atoms with Gasteiger partial charge in [0.05, 0.1) is 18.5 Å². The smallest absolute Gasteiger partial charge is 0.232 e. The summed E-state index contributed by atoms with van der Waals surface area (Å²) in [6.07, 6.45) is 4.19. The number of likely N-dealkylation sites (tertiary alicyclic amines) is 1. The van der Waals surface area contributed by atoms with Crippen molar-refractivity contribution in [1.29, 1.82) is 0 Å². The average molecular weight is 350 g/mol. The first-order chi connectivity index (χ1) is 11.3. The molecule has 0 saturated carbocycles. The quantitative estimate of drug-likeness (QED) is 0.782. The number of carbonyl (C=O) groups is 1. The normalized spacial score (nSPS) is 22.6. The van der Waals surface area contributed by atoms with Crippen LogP contribution in [0.3, 0.4) is 0 Å². The van der Waals surface area contributed by atoms with Crippen LogP contribution in [0.1, 0.15) is 42.6 Å². The van der Waals surface area contributed by atoms with Gasteiger partial charge in [0, 0.05) is 11.6 Å². The lowest BCUT2D eigenvalue weighted by Crippen LogP contribution is -2.36. The lowest BCUT2D eigenvalue weighted by molar-refractivity contribution is 0.0899. The zero-order chi connectivity index (χ0) is 17.5. The maximum atomic E-state index is 12.6. The minimum absolute atomic E-state index is 0.0936. The van der Waals surface area contributed by atoms with E-state index in [1.54, 1.807) is 12.1 Å². The molecular formula is C18H26N2O3S. The van der Waals surface area contributed by atoms with Gasteiger partial charge in [-0.1, -0.05) is 6.92 Å². The van der Waals surface area contributed by atoms with E-state index < -0.39 is 10.0 Å². The van der Waals surface area contributed by atoms with Crippen LogP contribution in [0.2, 0.25) is 0 Å². The van der Waals surface area contributed by atoms with Crippen LogP contribution >= 0.6 is 0 Å². The maximum Gasteiger partial charge on any atom is 0.232 e. The van der Waals surface area contributed by atoms with Crippen LogP contribution in [0.15, 0.2) is 18.2 Å². The molecule has 1 saturated heterocycles. The lowest BCUT2D eigenvalue weighted by Gasteiger charge is -2.29. The summed E-state index contributed by atoms with van der Waals surface area (Å²) in [5.41, 5.74) is 2.36. The van der Waals surface area contributed by atoms with Gasteiger partial charge in [0.2, 0.25) is 10.0 Å². The van der Waals surface area contributed by atoms with Gasteiger partial charge in [-0.3, -0.25) is 14.0 Å². The summed E-state index contributed by atoms with van der Waals surface area (Å²) in [6.45, 7) is 6.58. The summed E-state index contributed by atoms with van der Waals surface area (Å²) in [5, 5.41) is 0. The van der Waals surface area contributed by atoms with Gasteiger partial charge in [-0.2, -0.15) is 0 Å². The van der Waals surface area contributed by atoms with Crippen LogP contribution < -0.4 is 4.31 Å². The Bertz CT molecular complexity index is 737. The van der Waals surface area contributed by atoms with E-state index in [0.717, 1.165) is 37.4 Å². The van der Waals surface area contributed by atoms with Crippen molar-refractivity contribution in [2.75, 3.05) is 30.2 Å². The molecule has 3 rings (SSSR count). The molecule has 0 bridgehead atoms. The van der Waals surface area contributed by atoms with Crippen molar-refractivity contribution in [2.45, 2.75) is 39.2 Å². The maximum absolute atomic E-state index is 12.6. The van der Waals surface area contributed by atoms with Crippen LogP contribution in [0.4, 0.5) is 5.69 Å². The Morgan fingerprint density at radius 1 is 1.21 bits per heavy atom. The second kappa shape index (κ2) is 6.48. The molecule has 6 heteroatoms. The Morgan fingerprint density at radius 2 is 1.88 bits per heavy atom. The molecule has 0 aromatic heterocycles. The molecule has 0 spiro atoms. The molecule has 2 aliphatic rings. The van der Waals surface area contributed by atoms with E-state index in [1.165, 1.54) is 10.6 Å². The molecule has 1 atom stereocenters. The summed E-state index contributed by atoms with van der Waals surface area (Å²) in [5.74, 6) is 0.873. The molecule has 24 heavy (non-hydrogen) atoms. The predicted octanol–water partition coefficient (Wildman–Crippen LogP) is 2.31. The molecule has 1 aromatic carbocycles. The van der Waals surface area contributed by atoms with Crippen molar-refractivity contribution in [3.63, 3.8) is 0 Å². The van der Waals surface area contributed by atoms with Crippen molar-refractivity contribution in [1.82, 2.24) is 4.90 Å². The van der Waals surface area contributed by atoms with E-state index in [-0.39, 0.29) is 11.8 Å². The first kappa shape index (κ1) is 17.4. The Kier molecular flexibility index (Phi) is 4.71. The van der Waals surface area contributed by atoms with Gasteiger partial charge in [0.15, 0.2) is 5.78 Å². The number of carbonyl (C=O) groups excluding carboxylic acids is 1. The zero-order valence-corrected chi connectivity index (χ0v) is 15.5. The van der Waals surface area contributed by atoms with Gasteiger partial charge < -0.3 is 0 Å². The van der Waals surface area contributed by atoms with Crippen molar-refractivity contribution in [3.05, 3.63) is 29.3 Å². The highest BCUT2D eigenvalue weighted by Crippen LogP contribution is 2.34. The number of hydrogen-bond acceptors (Lipinski definition) is 4. The summed E-state index contributed by atoms with van der Waals surface area (Å²) >= 11 is 0. The largest absolute Gasteiger partial charge is 0.296 e. The fraction of sp³-hybridized carbons (Fsp3) is 0.611. The highest BCUT2D eigenvalue weighted by atomic mass is 32.2. The van der Waals surface area contributed by atoms with Gasteiger partial charge in [0.1, 0.15) is 0 Å². The van der Waals surface area contributed by atoms with Crippen LogP contribution in [0.25, 0.3) is 0 Å². The highest BCUT2D eigenvalue weighted by Gasteiger charge is 2.32. The van der Waals surface area contributed by atoms with Crippen LogP contribution in [0, 0.1) is 5.92 Å². The topological polar surface area (TPSA) is 57.7 Å². The number of hydrogen-bond donors (Lipinski definition) is 0. The lowest BCUT2D eigenvalue weighted by atomic mass is 9.98. The molecule has 132 valence electrons. The number of anilines is 1. The monoisotopic (exact) mass is 350 g/mol. The summed E-state index contributed by atoms with van der Waals surface area (Å²) in [7, 11) is -3.29. The average Bonchev–Trinajstić information content (AvgIpc) is 2.84. The predicted molar refractivity (Wildman–Crippen MR) is 96.1 cm³/mol. The third kappa shape index (κ3) is 3.49. The minimum atomic E-state index is -3.29. The van der Waals surface area contributed by atoms with Gasteiger partial charge in [-0.15, -0.1) is 0 Å². The van der Waals surface area contributed by atoms with Crippen molar-refractivity contribution < 1.29 is 13.2 Å². The van der Waals surface area contributed by atoms with E-state index in [4.69, 9.17) is 0 Å². The molecule has 0 aliphatic carbocycles. The standard InChI is InChI=1S/C18H26N2O3S/c1-13-6-8-19(9-7-13)12-18(21)15-4-5-17-16(11-15)10-14(2)20(17)24(3,22)23/h4-5,11,13-14H,6-10,12H2,1-3H3/t14-/m1/s1. The third-order valence-corrected chi connectivity index (χ3v) is 6.43. The fourth-order valence-corrected chi connectivity index (χ4v) is 5.06. The van der Waals surface area contributed by atoms with Gasteiger partial charge in [0.25, 0.3) is 0 Å². The van der Waals surface area contributed by atoms with E-state index in [1.807, 2.05) is 13.0 Å². The molecule has 0 amide bonds. The third-order valence-electron chi connectivity index (χ3n) is 5.16. The number of benzene rings is 1. The molecule has 1 aromatic rings. The molecule has 0 N–H and O–H groups in total. The van der Waals surface area contributed by atoms with Crippen LogP contribution in [-0.2, 0) is 16.4 Å². The molecule has 5 nitrogen and oxygen atoms in total. The minimum Gasteiger partial charge on any atom is -0.296 e. The number of fused-ring (bicyclic) bond motifs is 1. The molecule has 1 fully saturated rings. The van der Waals surface area contributed by atoms with Crippen LogP contribution in [-0.4, -0.2) is 51.0 Å².